The number of hydrogen-bond acceptors (Lipinski definition) is 3. The highest BCUT2D eigenvalue weighted by Gasteiger charge is 2.21. The number of nitrogens with two attached hydrogens (primary N) is 1. The van der Waals surface area contributed by atoms with Gasteiger partial charge in [-0.1, -0.05) is 23.2 Å². The largest absolute Gasteiger partial charge is 0.399 e. The summed E-state index contributed by atoms with van der Waals surface area (Å²) in [5.74, 6) is 0. The number of halogens is 2. The Labute approximate surface area is 133 Å². The molecule has 21 heavy (non-hydrogen) atoms. The first-order valence-corrected chi connectivity index (χ1v) is 8.29. The van der Waals surface area contributed by atoms with Gasteiger partial charge in [0.05, 0.1) is 15.6 Å². The van der Waals surface area contributed by atoms with Gasteiger partial charge in [0.1, 0.15) is 0 Å². The Kier molecular flexibility index (Phi) is 4.37. The van der Waals surface area contributed by atoms with Crippen LogP contribution in [0.5, 0.6) is 0 Å². The van der Waals surface area contributed by atoms with Gasteiger partial charge < -0.3 is 5.73 Å². The summed E-state index contributed by atoms with van der Waals surface area (Å²) in [5.41, 5.74) is 7.66. The second kappa shape index (κ2) is 5.75. The average molecular weight is 345 g/mol. The molecule has 0 unspecified atom stereocenters. The maximum absolute atomic E-state index is 12.5. The van der Waals surface area contributed by atoms with E-state index in [2.05, 4.69) is 4.72 Å². The van der Waals surface area contributed by atoms with Crippen LogP contribution in [0, 0.1) is 13.8 Å². The van der Waals surface area contributed by atoms with Crippen molar-refractivity contribution in [3.8, 4) is 0 Å². The van der Waals surface area contributed by atoms with Crippen molar-refractivity contribution in [2.75, 3.05) is 10.5 Å². The molecule has 0 saturated carbocycles. The van der Waals surface area contributed by atoms with Gasteiger partial charge in [-0.05, 0) is 55.3 Å². The lowest BCUT2D eigenvalue weighted by molar-refractivity contribution is 0.600. The molecule has 2 aromatic rings. The molecule has 0 aliphatic rings. The fourth-order valence-electron chi connectivity index (χ4n) is 2.18. The van der Waals surface area contributed by atoms with Crippen LogP contribution in [0.15, 0.2) is 35.2 Å². The third kappa shape index (κ3) is 3.43. The zero-order valence-corrected chi connectivity index (χ0v) is 13.8. The van der Waals surface area contributed by atoms with E-state index in [4.69, 9.17) is 28.9 Å². The molecule has 2 rings (SSSR count). The maximum atomic E-state index is 12.5. The molecular weight excluding hydrogens is 331 g/mol. The first-order valence-electron chi connectivity index (χ1n) is 6.05. The molecule has 7 heteroatoms. The van der Waals surface area contributed by atoms with Crippen LogP contribution in [0.1, 0.15) is 11.1 Å². The molecule has 0 heterocycles. The normalized spacial score (nSPS) is 11.4. The molecule has 0 saturated heterocycles. The van der Waals surface area contributed by atoms with Gasteiger partial charge in [0, 0.05) is 10.7 Å². The molecule has 0 fully saturated rings. The van der Waals surface area contributed by atoms with Gasteiger partial charge in [-0.25, -0.2) is 8.42 Å². The summed E-state index contributed by atoms with van der Waals surface area (Å²) in [6, 6.07) is 7.79. The molecular formula is C14H14Cl2N2O2S. The summed E-state index contributed by atoms with van der Waals surface area (Å²) in [5, 5.41) is 0.666. The van der Waals surface area contributed by atoms with Crippen LogP contribution in [0.3, 0.4) is 0 Å². The molecule has 0 radical (unpaired) electrons. The molecule has 4 nitrogen and oxygen atoms in total. The number of benzene rings is 2. The minimum Gasteiger partial charge on any atom is -0.399 e. The highest BCUT2D eigenvalue weighted by molar-refractivity contribution is 7.92. The Hall–Kier alpha value is -1.43. The van der Waals surface area contributed by atoms with E-state index in [1.54, 1.807) is 32.0 Å². The number of rotatable bonds is 3. The second-order valence-electron chi connectivity index (χ2n) is 4.71. The molecule has 0 aliphatic carbocycles. The second-order valence-corrected chi connectivity index (χ2v) is 7.18. The third-order valence-electron chi connectivity index (χ3n) is 2.93. The molecule has 0 aromatic heterocycles. The lowest BCUT2D eigenvalue weighted by Crippen LogP contribution is -2.16. The standard InChI is InChI=1S/C14H14Cl2N2O2S/c1-8-5-11(17)6-9(2)14(8)21(19,20)18-13-4-3-10(15)7-12(13)16/h3-7,18H,17H2,1-2H3. The van der Waals surface area contributed by atoms with Crippen molar-refractivity contribution < 1.29 is 8.42 Å². The lowest BCUT2D eigenvalue weighted by Gasteiger charge is -2.14. The number of aryl methyl sites for hydroxylation is 2. The Morgan fingerprint density at radius 3 is 2.14 bits per heavy atom. The van der Waals surface area contributed by atoms with Gasteiger partial charge in [-0.3, -0.25) is 4.72 Å². The zero-order valence-electron chi connectivity index (χ0n) is 11.4. The average Bonchev–Trinajstić information content (AvgIpc) is 2.30. The van der Waals surface area contributed by atoms with Gasteiger partial charge in [0.25, 0.3) is 10.0 Å². The molecule has 0 amide bonds. The first-order chi connectivity index (χ1) is 9.70. The minimum absolute atomic E-state index is 0.197. The Bertz CT molecular complexity index is 782. The topological polar surface area (TPSA) is 72.2 Å². The highest BCUT2D eigenvalue weighted by atomic mass is 35.5. The molecule has 0 bridgehead atoms. The fourth-order valence-corrected chi connectivity index (χ4v) is 4.22. The zero-order chi connectivity index (χ0) is 15.8. The number of anilines is 2. The van der Waals surface area contributed by atoms with E-state index >= 15 is 0 Å². The minimum atomic E-state index is -3.76. The van der Waals surface area contributed by atoms with E-state index in [-0.39, 0.29) is 15.6 Å². The van der Waals surface area contributed by atoms with Crippen LogP contribution in [-0.2, 0) is 10.0 Å². The van der Waals surface area contributed by atoms with Crippen LogP contribution in [0.2, 0.25) is 10.0 Å². The van der Waals surface area contributed by atoms with Crippen molar-refractivity contribution in [3.63, 3.8) is 0 Å². The van der Waals surface area contributed by atoms with Crippen LogP contribution < -0.4 is 10.5 Å². The van der Waals surface area contributed by atoms with E-state index in [0.29, 0.717) is 21.8 Å². The molecule has 2 aromatic carbocycles. The van der Waals surface area contributed by atoms with Gasteiger partial charge in [-0.15, -0.1) is 0 Å². The number of nitrogen functional groups attached to an aromatic ring is 1. The smallest absolute Gasteiger partial charge is 0.262 e. The van der Waals surface area contributed by atoms with E-state index in [1.165, 1.54) is 12.1 Å². The van der Waals surface area contributed by atoms with E-state index < -0.39 is 10.0 Å². The molecule has 112 valence electrons. The van der Waals surface area contributed by atoms with E-state index in [9.17, 15) is 8.42 Å². The number of nitrogens with one attached hydrogen (secondary N) is 1. The van der Waals surface area contributed by atoms with Crippen molar-refractivity contribution >= 4 is 44.6 Å². The number of hydrogen-bond donors (Lipinski definition) is 2. The predicted molar refractivity (Wildman–Crippen MR) is 87.6 cm³/mol. The summed E-state index contributed by atoms with van der Waals surface area (Å²) in [6.45, 7) is 3.39. The summed E-state index contributed by atoms with van der Waals surface area (Å²) in [6.07, 6.45) is 0. The Morgan fingerprint density at radius 2 is 1.62 bits per heavy atom. The van der Waals surface area contributed by atoms with Crippen LogP contribution in [-0.4, -0.2) is 8.42 Å². The maximum Gasteiger partial charge on any atom is 0.262 e. The van der Waals surface area contributed by atoms with Crippen LogP contribution in [0.4, 0.5) is 11.4 Å². The SMILES string of the molecule is Cc1cc(N)cc(C)c1S(=O)(=O)Nc1ccc(Cl)cc1Cl. The van der Waals surface area contributed by atoms with Crippen LogP contribution in [0.25, 0.3) is 0 Å². The van der Waals surface area contributed by atoms with Gasteiger partial charge >= 0.3 is 0 Å². The molecule has 0 spiro atoms. The lowest BCUT2D eigenvalue weighted by atomic mass is 10.1. The van der Waals surface area contributed by atoms with Crippen molar-refractivity contribution in [1.82, 2.24) is 0 Å². The van der Waals surface area contributed by atoms with Crippen molar-refractivity contribution in [3.05, 3.63) is 51.5 Å². The first kappa shape index (κ1) is 15.9. The van der Waals surface area contributed by atoms with Crippen molar-refractivity contribution in [1.29, 1.82) is 0 Å². The molecule has 0 atom stereocenters. The summed E-state index contributed by atoms with van der Waals surface area (Å²) >= 11 is 11.8. The van der Waals surface area contributed by atoms with Crippen LogP contribution >= 0.6 is 23.2 Å². The van der Waals surface area contributed by atoms with Gasteiger partial charge in [0.2, 0.25) is 0 Å². The summed E-state index contributed by atoms with van der Waals surface area (Å²) in [4.78, 5) is 0.197. The quantitative estimate of drug-likeness (QED) is 0.826. The van der Waals surface area contributed by atoms with Gasteiger partial charge in [-0.2, -0.15) is 0 Å². The Balaban J connectivity index is 2.48. The summed E-state index contributed by atoms with van der Waals surface area (Å²) < 4.78 is 27.6. The fraction of sp³-hybridized carbons (Fsp3) is 0.143. The van der Waals surface area contributed by atoms with E-state index in [1.807, 2.05) is 0 Å². The number of sulfonamides is 1. The molecule has 0 aliphatic heterocycles. The van der Waals surface area contributed by atoms with Crippen molar-refractivity contribution in [2.24, 2.45) is 0 Å². The monoisotopic (exact) mass is 344 g/mol. The third-order valence-corrected chi connectivity index (χ3v) is 5.14. The Morgan fingerprint density at radius 1 is 1.05 bits per heavy atom. The van der Waals surface area contributed by atoms with Crippen molar-refractivity contribution in [2.45, 2.75) is 18.7 Å². The molecule has 3 N–H and O–H groups in total. The van der Waals surface area contributed by atoms with Gasteiger partial charge in [0.15, 0.2) is 0 Å². The highest BCUT2D eigenvalue weighted by Crippen LogP contribution is 2.30. The van der Waals surface area contributed by atoms with E-state index in [0.717, 1.165) is 0 Å². The summed E-state index contributed by atoms with van der Waals surface area (Å²) in [7, 11) is -3.76. The predicted octanol–water partition coefficient (Wildman–Crippen LogP) is 3.99.